The Labute approximate surface area is 100 Å². The Balaban J connectivity index is 2.36. The van der Waals surface area contributed by atoms with Gasteiger partial charge in [0.05, 0.1) is 18.1 Å². The van der Waals surface area contributed by atoms with E-state index in [9.17, 15) is 0 Å². The summed E-state index contributed by atoms with van der Waals surface area (Å²) in [4.78, 5) is 8.05. The van der Waals surface area contributed by atoms with Gasteiger partial charge in [0.2, 0.25) is 0 Å². The van der Waals surface area contributed by atoms with Crippen molar-refractivity contribution in [3.8, 4) is 11.8 Å². The van der Waals surface area contributed by atoms with Gasteiger partial charge in [-0.15, -0.1) is 0 Å². The molecule has 2 N–H and O–H groups in total. The SMILES string of the molecule is Cc1ccc(C)c(Oc2ncc(N)cn2)c1C. The van der Waals surface area contributed by atoms with E-state index in [-0.39, 0.29) is 0 Å². The van der Waals surface area contributed by atoms with Crippen molar-refractivity contribution < 1.29 is 4.74 Å². The van der Waals surface area contributed by atoms with Crippen LogP contribution in [-0.4, -0.2) is 9.97 Å². The van der Waals surface area contributed by atoms with Crippen LogP contribution in [0.5, 0.6) is 11.8 Å². The number of nitrogen functional groups attached to an aromatic ring is 1. The third kappa shape index (κ3) is 2.36. The molecule has 0 aliphatic rings. The van der Waals surface area contributed by atoms with Crippen LogP contribution in [0.4, 0.5) is 5.69 Å². The molecule has 2 rings (SSSR count). The molecule has 0 atom stereocenters. The van der Waals surface area contributed by atoms with Gasteiger partial charge >= 0.3 is 6.01 Å². The molecule has 1 aromatic carbocycles. The fraction of sp³-hybridized carbons (Fsp3) is 0.231. The Hall–Kier alpha value is -2.10. The predicted molar refractivity (Wildman–Crippen MR) is 67.2 cm³/mol. The number of nitrogens with zero attached hydrogens (tertiary/aromatic N) is 2. The third-order valence-corrected chi connectivity index (χ3v) is 2.72. The largest absolute Gasteiger partial charge is 0.424 e. The van der Waals surface area contributed by atoms with E-state index in [0.29, 0.717) is 11.7 Å². The summed E-state index contributed by atoms with van der Waals surface area (Å²) in [6.07, 6.45) is 3.06. The summed E-state index contributed by atoms with van der Waals surface area (Å²) in [7, 11) is 0. The van der Waals surface area contributed by atoms with E-state index in [4.69, 9.17) is 10.5 Å². The van der Waals surface area contributed by atoms with Crippen LogP contribution in [0.3, 0.4) is 0 Å². The monoisotopic (exact) mass is 229 g/mol. The summed E-state index contributed by atoms with van der Waals surface area (Å²) >= 11 is 0. The minimum Gasteiger partial charge on any atom is -0.424 e. The molecule has 4 nitrogen and oxygen atoms in total. The fourth-order valence-electron chi connectivity index (χ4n) is 1.55. The van der Waals surface area contributed by atoms with Crippen molar-refractivity contribution in [2.75, 3.05) is 5.73 Å². The lowest BCUT2D eigenvalue weighted by Crippen LogP contribution is -1.97. The van der Waals surface area contributed by atoms with Gasteiger partial charge in [-0.05, 0) is 37.5 Å². The lowest BCUT2D eigenvalue weighted by molar-refractivity contribution is 0.435. The number of ether oxygens (including phenoxy) is 1. The predicted octanol–water partition coefficient (Wildman–Crippen LogP) is 2.78. The first kappa shape index (κ1) is 11.4. The van der Waals surface area contributed by atoms with Crippen molar-refractivity contribution in [1.82, 2.24) is 9.97 Å². The Morgan fingerprint density at radius 1 is 1.00 bits per heavy atom. The van der Waals surface area contributed by atoms with E-state index in [1.54, 1.807) is 0 Å². The van der Waals surface area contributed by atoms with Crippen molar-refractivity contribution in [2.24, 2.45) is 0 Å². The molecule has 2 aromatic rings. The smallest absolute Gasteiger partial charge is 0.322 e. The molecular formula is C13H15N3O. The second kappa shape index (κ2) is 4.41. The van der Waals surface area contributed by atoms with E-state index in [0.717, 1.165) is 16.9 Å². The fourth-order valence-corrected chi connectivity index (χ4v) is 1.55. The molecule has 17 heavy (non-hydrogen) atoms. The summed E-state index contributed by atoms with van der Waals surface area (Å²) in [5, 5.41) is 0. The van der Waals surface area contributed by atoms with Crippen molar-refractivity contribution >= 4 is 5.69 Å². The molecule has 4 heteroatoms. The molecule has 0 unspecified atom stereocenters. The maximum absolute atomic E-state index is 5.70. The lowest BCUT2D eigenvalue weighted by Gasteiger charge is -2.11. The van der Waals surface area contributed by atoms with E-state index in [1.807, 2.05) is 26.8 Å². The van der Waals surface area contributed by atoms with Gasteiger partial charge in [0.1, 0.15) is 5.75 Å². The average Bonchev–Trinajstić information content (AvgIpc) is 2.32. The molecule has 0 aliphatic carbocycles. The topological polar surface area (TPSA) is 61.0 Å². The van der Waals surface area contributed by atoms with Crippen LogP contribution in [-0.2, 0) is 0 Å². The van der Waals surface area contributed by atoms with Crippen LogP contribution in [0.2, 0.25) is 0 Å². The molecule has 1 heterocycles. The van der Waals surface area contributed by atoms with Gasteiger partial charge in [0.25, 0.3) is 0 Å². The van der Waals surface area contributed by atoms with Crippen LogP contribution in [0.15, 0.2) is 24.5 Å². The molecule has 0 spiro atoms. The zero-order valence-electron chi connectivity index (χ0n) is 10.2. The van der Waals surface area contributed by atoms with Gasteiger partial charge < -0.3 is 10.5 Å². The summed E-state index contributed by atoms with van der Waals surface area (Å²) in [5.74, 6) is 0.815. The molecule has 0 saturated heterocycles. The van der Waals surface area contributed by atoms with Gasteiger partial charge in [-0.2, -0.15) is 0 Å². The van der Waals surface area contributed by atoms with Gasteiger partial charge in [-0.25, -0.2) is 9.97 Å². The Morgan fingerprint density at radius 3 is 2.24 bits per heavy atom. The quantitative estimate of drug-likeness (QED) is 0.860. The number of hydrogen-bond acceptors (Lipinski definition) is 4. The van der Waals surface area contributed by atoms with E-state index in [1.165, 1.54) is 18.0 Å². The van der Waals surface area contributed by atoms with Gasteiger partial charge in [0.15, 0.2) is 0 Å². The third-order valence-electron chi connectivity index (χ3n) is 2.72. The first-order valence-electron chi connectivity index (χ1n) is 5.40. The second-order valence-electron chi connectivity index (χ2n) is 4.05. The van der Waals surface area contributed by atoms with E-state index < -0.39 is 0 Å². The molecular weight excluding hydrogens is 214 g/mol. The van der Waals surface area contributed by atoms with Gasteiger partial charge in [0, 0.05) is 0 Å². The molecule has 0 radical (unpaired) electrons. The number of nitrogens with two attached hydrogens (primary N) is 1. The zero-order chi connectivity index (χ0) is 12.4. The first-order valence-corrected chi connectivity index (χ1v) is 5.40. The van der Waals surface area contributed by atoms with E-state index in [2.05, 4.69) is 16.0 Å². The van der Waals surface area contributed by atoms with Gasteiger partial charge in [-0.1, -0.05) is 12.1 Å². The molecule has 0 fully saturated rings. The highest BCUT2D eigenvalue weighted by Crippen LogP contribution is 2.28. The lowest BCUT2D eigenvalue weighted by atomic mass is 10.1. The maximum Gasteiger partial charge on any atom is 0.322 e. The number of hydrogen-bond donors (Lipinski definition) is 1. The summed E-state index contributed by atoms with van der Waals surface area (Å²) in [6, 6.07) is 4.41. The minimum atomic E-state index is 0.316. The van der Waals surface area contributed by atoms with Crippen LogP contribution in [0, 0.1) is 20.8 Å². The van der Waals surface area contributed by atoms with Gasteiger partial charge in [-0.3, -0.25) is 0 Å². The maximum atomic E-state index is 5.70. The van der Waals surface area contributed by atoms with Crippen LogP contribution in [0.1, 0.15) is 16.7 Å². The number of anilines is 1. The Morgan fingerprint density at radius 2 is 1.59 bits per heavy atom. The van der Waals surface area contributed by atoms with Crippen molar-refractivity contribution in [1.29, 1.82) is 0 Å². The Bertz CT molecular complexity index is 535. The molecule has 0 amide bonds. The molecule has 0 aliphatic heterocycles. The Kier molecular flexibility index (Phi) is 2.95. The highest BCUT2D eigenvalue weighted by atomic mass is 16.5. The highest BCUT2D eigenvalue weighted by molar-refractivity contribution is 5.45. The molecule has 0 bridgehead atoms. The van der Waals surface area contributed by atoms with Crippen molar-refractivity contribution in [2.45, 2.75) is 20.8 Å². The standard InChI is InChI=1S/C13H15N3O/c1-8-4-5-9(2)12(10(8)3)17-13-15-6-11(14)7-16-13/h4-7H,14H2,1-3H3. The molecule has 88 valence electrons. The number of aromatic nitrogens is 2. The summed E-state index contributed by atoms with van der Waals surface area (Å²) in [5.41, 5.74) is 9.39. The van der Waals surface area contributed by atoms with Crippen LogP contribution in [0.25, 0.3) is 0 Å². The summed E-state index contributed by atoms with van der Waals surface area (Å²) in [6.45, 7) is 6.07. The molecule has 1 aromatic heterocycles. The number of rotatable bonds is 2. The van der Waals surface area contributed by atoms with Crippen LogP contribution >= 0.6 is 0 Å². The number of benzene rings is 1. The highest BCUT2D eigenvalue weighted by Gasteiger charge is 2.08. The normalized spacial score (nSPS) is 10.3. The number of aryl methyl sites for hydroxylation is 2. The molecule has 0 saturated carbocycles. The average molecular weight is 229 g/mol. The second-order valence-corrected chi connectivity index (χ2v) is 4.05. The summed E-state index contributed by atoms with van der Waals surface area (Å²) < 4.78 is 5.70. The van der Waals surface area contributed by atoms with Crippen LogP contribution < -0.4 is 10.5 Å². The first-order chi connectivity index (χ1) is 8.08. The van der Waals surface area contributed by atoms with Crippen molar-refractivity contribution in [3.63, 3.8) is 0 Å². The van der Waals surface area contributed by atoms with E-state index >= 15 is 0 Å². The minimum absolute atomic E-state index is 0.316. The van der Waals surface area contributed by atoms with Crippen molar-refractivity contribution in [3.05, 3.63) is 41.2 Å². The zero-order valence-corrected chi connectivity index (χ0v) is 10.2.